The highest BCUT2D eigenvalue weighted by atomic mass is 16.5. The van der Waals surface area contributed by atoms with E-state index in [4.69, 9.17) is 9.84 Å². The number of benzene rings is 1. The minimum atomic E-state index is 0.236. The van der Waals surface area contributed by atoms with E-state index in [1.807, 2.05) is 17.8 Å². The van der Waals surface area contributed by atoms with Crippen LogP contribution in [0, 0.1) is 0 Å². The number of nitrogens with zero attached hydrogens (tertiary/aromatic N) is 2. The summed E-state index contributed by atoms with van der Waals surface area (Å²) >= 11 is 0. The van der Waals surface area contributed by atoms with Crippen molar-refractivity contribution in [2.45, 2.75) is 6.61 Å². The molecule has 1 heterocycles. The maximum absolute atomic E-state index is 9.07. The Morgan fingerprint density at radius 1 is 1.33 bits per heavy atom. The Kier molecular flexibility index (Phi) is 2.58. The molecule has 0 bridgehead atoms. The van der Waals surface area contributed by atoms with Crippen LogP contribution in [0.1, 0.15) is 5.69 Å². The van der Waals surface area contributed by atoms with Gasteiger partial charge >= 0.3 is 0 Å². The molecule has 0 aliphatic carbocycles. The lowest BCUT2D eigenvalue weighted by molar-refractivity contribution is 0.301. The van der Waals surface area contributed by atoms with Crippen molar-refractivity contribution in [2.75, 3.05) is 0 Å². The second kappa shape index (κ2) is 4.04. The first-order chi connectivity index (χ1) is 7.24. The lowest BCUT2D eigenvalue weighted by Crippen LogP contribution is -1.95. The molecule has 15 heavy (non-hydrogen) atoms. The minimum Gasteiger partial charge on any atom is -0.508 e. The monoisotopic (exact) mass is 204 g/mol. The first-order valence-corrected chi connectivity index (χ1v) is 4.63. The molecule has 2 rings (SSSR count). The maximum Gasteiger partial charge on any atom is 0.132 e. The zero-order chi connectivity index (χ0) is 10.7. The topological polar surface area (TPSA) is 47.3 Å². The van der Waals surface area contributed by atoms with E-state index in [0.29, 0.717) is 6.61 Å². The smallest absolute Gasteiger partial charge is 0.132 e. The molecule has 4 nitrogen and oxygen atoms in total. The molecule has 0 aliphatic heterocycles. The van der Waals surface area contributed by atoms with E-state index >= 15 is 0 Å². The van der Waals surface area contributed by atoms with Crippen LogP contribution < -0.4 is 4.74 Å². The van der Waals surface area contributed by atoms with E-state index in [1.165, 1.54) is 0 Å². The van der Waals surface area contributed by atoms with Gasteiger partial charge in [0.05, 0.1) is 12.0 Å². The van der Waals surface area contributed by atoms with Gasteiger partial charge in [0.2, 0.25) is 0 Å². The third-order valence-corrected chi connectivity index (χ3v) is 1.98. The van der Waals surface area contributed by atoms with E-state index in [-0.39, 0.29) is 5.75 Å². The van der Waals surface area contributed by atoms with Crippen LogP contribution in [0.3, 0.4) is 0 Å². The van der Waals surface area contributed by atoms with Crippen molar-refractivity contribution in [3.05, 3.63) is 42.5 Å². The standard InChI is InChI=1S/C11H12N2O2/c1-13-6-9(12-8-13)7-15-11-4-2-10(14)3-5-11/h2-6,8,14H,7H2,1H3. The first kappa shape index (κ1) is 9.58. The van der Waals surface area contributed by atoms with Gasteiger partial charge in [0.25, 0.3) is 0 Å². The molecule has 1 aromatic heterocycles. The zero-order valence-electron chi connectivity index (χ0n) is 8.42. The molecule has 1 aromatic carbocycles. The highest BCUT2D eigenvalue weighted by Crippen LogP contribution is 2.16. The molecule has 0 saturated carbocycles. The van der Waals surface area contributed by atoms with Crippen molar-refractivity contribution in [1.29, 1.82) is 0 Å². The second-order valence-electron chi connectivity index (χ2n) is 3.31. The average molecular weight is 204 g/mol. The van der Waals surface area contributed by atoms with Crippen molar-refractivity contribution < 1.29 is 9.84 Å². The van der Waals surface area contributed by atoms with Crippen molar-refractivity contribution in [3.63, 3.8) is 0 Å². The summed E-state index contributed by atoms with van der Waals surface area (Å²) in [6, 6.07) is 6.62. The third-order valence-electron chi connectivity index (χ3n) is 1.98. The van der Waals surface area contributed by atoms with Crippen molar-refractivity contribution in [1.82, 2.24) is 9.55 Å². The lowest BCUT2D eigenvalue weighted by Gasteiger charge is -2.03. The van der Waals surface area contributed by atoms with Crippen LogP contribution in [0.5, 0.6) is 11.5 Å². The Morgan fingerprint density at radius 2 is 2.07 bits per heavy atom. The Morgan fingerprint density at radius 3 is 2.67 bits per heavy atom. The van der Waals surface area contributed by atoms with E-state index in [0.717, 1.165) is 11.4 Å². The Bertz CT molecular complexity index is 434. The van der Waals surface area contributed by atoms with Crippen LogP contribution in [0.4, 0.5) is 0 Å². The quantitative estimate of drug-likeness (QED) is 0.827. The summed E-state index contributed by atoms with van der Waals surface area (Å²) < 4.78 is 7.34. The highest BCUT2D eigenvalue weighted by Gasteiger charge is 1.98. The van der Waals surface area contributed by atoms with Gasteiger partial charge in [-0.15, -0.1) is 0 Å². The van der Waals surface area contributed by atoms with Gasteiger partial charge in [0.1, 0.15) is 18.1 Å². The number of rotatable bonds is 3. The molecule has 78 valence electrons. The molecule has 0 amide bonds. The van der Waals surface area contributed by atoms with Gasteiger partial charge in [0, 0.05) is 13.2 Å². The molecule has 0 fully saturated rings. The summed E-state index contributed by atoms with van der Waals surface area (Å²) in [6.45, 7) is 0.436. The van der Waals surface area contributed by atoms with Crippen LogP contribution in [0.2, 0.25) is 0 Å². The summed E-state index contributed by atoms with van der Waals surface area (Å²) in [6.07, 6.45) is 3.63. The molecule has 0 unspecified atom stereocenters. The molecule has 0 saturated heterocycles. The van der Waals surface area contributed by atoms with Crippen LogP contribution in [-0.4, -0.2) is 14.7 Å². The number of aromatic hydroxyl groups is 1. The molecular formula is C11H12N2O2. The molecular weight excluding hydrogens is 192 g/mol. The van der Waals surface area contributed by atoms with Crippen LogP contribution >= 0.6 is 0 Å². The largest absolute Gasteiger partial charge is 0.508 e. The summed E-state index contributed by atoms with van der Waals surface area (Å²) in [5.74, 6) is 0.957. The molecule has 2 aromatic rings. The molecule has 1 N–H and O–H groups in total. The van der Waals surface area contributed by atoms with Gasteiger partial charge in [-0.05, 0) is 24.3 Å². The van der Waals surface area contributed by atoms with Crippen LogP contribution in [0.25, 0.3) is 0 Å². The fourth-order valence-corrected chi connectivity index (χ4v) is 1.24. The van der Waals surface area contributed by atoms with Gasteiger partial charge in [-0.1, -0.05) is 0 Å². The number of phenols is 1. The van der Waals surface area contributed by atoms with E-state index < -0.39 is 0 Å². The Balaban J connectivity index is 1.96. The third kappa shape index (κ3) is 2.49. The normalized spacial score (nSPS) is 10.2. The number of phenolic OH excluding ortho intramolecular Hbond substituents is 1. The summed E-state index contributed by atoms with van der Waals surface area (Å²) in [7, 11) is 1.91. The van der Waals surface area contributed by atoms with Crippen molar-refractivity contribution >= 4 is 0 Å². The van der Waals surface area contributed by atoms with Crippen LogP contribution in [0.15, 0.2) is 36.8 Å². The molecule has 0 radical (unpaired) electrons. The molecule has 0 spiro atoms. The average Bonchev–Trinajstić information content (AvgIpc) is 2.64. The number of ether oxygens (including phenoxy) is 1. The lowest BCUT2D eigenvalue weighted by atomic mass is 10.3. The molecule has 0 atom stereocenters. The van der Waals surface area contributed by atoms with Gasteiger partial charge in [-0.3, -0.25) is 0 Å². The minimum absolute atomic E-state index is 0.236. The van der Waals surface area contributed by atoms with E-state index in [9.17, 15) is 0 Å². The first-order valence-electron chi connectivity index (χ1n) is 4.63. The predicted molar refractivity (Wildman–Crippen MR) is 55.6 cm³/mol. The van der Waals surface area contributed by atoms with E-state index in [1.54, 1.807) is 30.6 Å². The van der Waals surface area contributed by atoms with Crippen molar-refractivity contribution in [3.8, 4) is 11.5 Å². The summed E-state index contributed by atoms with van der Waals surface area (Å²) in [5, 5.41) is 9.07. The Hall–Kier alpha value is -1.97. The van der Waals surface area contributed by atoms with Crippen LogP contribution in [-0.2, 0) is 13.7 Å². The molecule has 4 heteroatoms. The second-order valence-corrected chi connectivity index (χ2v) is 3.31. The van der Waals surface area contributed by atoms with Gasteiger partial charge in [-0.2, -0.15) is 0 Å². The van der Waals surface area contributed by atoms with Gasteiger partial charge in [0.15, 0.2) is 0 Å². The van der Waals surface area contributed by atoms with Gasteiger partial charge < -0.3 is 14.4 Å². The van der Waals surface area contributed by atoms with E-state index in [2.05, 4.69) is 4.98 Å². The number of imidazole rings is 1. The number of aryl methyl sites for hydroxylation is 1. The SMILES string of the molecule is Cn1cnc(COc2ccc(O)cc2)c1. The fraction of sp³-hybridized carbons (Fsp3) is 0.182. The van der Waals surface area contributed by atoms with Gasteiger partial charge in [-0.25, -0.2) is 4.98 Å². The van der Waals surface area contributed by atoms with Crippen molar-refractivity contribution in [2.24, 2.45) is 7.05 Å². The fourth-order valence-electron chi connectivity index (χ4n) is 1.24. The highest BCUT2D eigenvalue weighted by molar-refractivity contribution is 5.30. The Labute approximate surface area is 87.8 Å². The zero-order valence-corrected chi connectivity index (χ0v) is 8.42. The summed E-state index contributed by atoms with van der Waals surface area (Å²) in [4.78, 5) is 4.14. The molecule has 0 aliphatic rings. The number of hydrogen-bond acceptors (Lipinski definition) is 3. The maximum atomic E-state index is 9.07. The predicted octanol–water partition coefficient (Wildman–Crippen LogP) is 1.70. The summed E-state index contributed by atoms with van der Waals surface area (Å²) in [5.41, 5.74) is 0.880. The number of aromatic nitrogens is 2. The number of hydrogen-bond donors (Lipinski definition) is 1.